The summed E-state index contributed by atoms with van der Waals surface area (Å²) in [6, 6.07) is 138. The Morgan fingerprint density at radius 2 is 0.545 bits per heavy atom. The topological polar surface area (TPSA) is 30.6 Å². The van der Waals surface area contributed by atoms with Gasteiger partial charge in [0, 0.05) is 137 Å². The smallest absolute Gasteiger partial charge is 0.0641 e. The summed E-state index contributed by atoms with van der Waals surface area (Å²) < 4.78 is 10.1. The van der Waals surface area contributed by atoms with Crippen LogP contribution in [0.15, 0.2) is 370 Å². The monoisotopic (exact) mass is 1570 g/mol. The molecule has 0 spiro atoms. The normalized spacial score (nSPS) is 12.4. The predicted molar refractivity (Wildman–Crippen MR) is 521 cm³/mol. The second-order valence-electron chi connectivity index (χ2n) is 33.6. The second kappa shape index (κ2) is 27.2. The van der Waals surface area contributed by atoms with Gasteiger partial charge in [0.05, 0.1) is 83.3 Å². The van der Waals surface area contributed by atoms with Gasteiger partial charge in [0.2, 0.25) is 0 Å². The minimum Gasteiger partial charge on any atom is -0.312 e. The van der Waals surface area contributed by atoms with Crippen LogP contribution in [0.3, 0.4) is 0 Å². The van der Waals surface area contributed by atoms with Gasteiger partial charge in [-0.05, 0) is 221 Å². The second-order valence-corrected chi connectivity index (χ2v) is 33.6. The number of rotatable bonds is 17. The van der Waals surface area contributed by atoms with Crippen molar-refractivity contribution in [2.24, 2.45) is 0 Å². The van der Waals surface area contributed by atoms with E-state index in [0.29, 0.717) is 0 Å². The molecular formula is C115H82N8. The number of aryl methyl sites for hydroxylation is 6. The van der Waals surface area contributed by atoms with Gasteiger partial charge >= 0.3 is 0 Å². The molecule has 0 N–H and O–H groups in total. The molecule has 0 aliphatic rings. The summed E-state index contributed by atoms with van der Waals surface area (Å²) in [7, 11) is 0. The van der Waals surface area contributed by atoms with E-state index in [9.17, 15) is 0 Å². The highest BCUT2D eigenvalue weighted by molar-refractivity contribution is 6.33. The van der Waals surface area contributed by atoms with Gasteiger partial charge in [-0.25, -0.2) is 0 Å². The summed E-state index contributed by atoms with van der Waals surface area (Å²) in [4.78, 5) is 9.81. The van der Waals surface area contributed by atoms with Crippen molar-refractivity contribution in [2.45, 2.75) is 47.0 Å². The summed E-state index contributed by atoms with van der Waals surface area (Å²) in [6.07, 6.45) is 5.18. The van der Waals surface area contributed by atoms with Gasteiger partial charge in [-0.1, -0.05) is 237 Å². The lowest BCUT2D eigenvalue weighted by Crippen LogP contribution is -2.24. The van der Waals surface area contributed by atoms with Crippen molar-refractivity contribution in [3.8, 4) is 0 Å². The van der Waals surface area contributed by atoms with Gasteiger partial charge < -0.3 is 37.2 Å². The molecule has 0 unspecified atom stereocenters. The third-order valence-electron chi connectivity index (χ3n) is 26.8. The molecule has 8 aromatic heterocycles. The summed E-state index contributed by atoms with van der Waals surface area (Å²) in [5.74, 6) is 0. The minimum absolute atomic E-state index is 0.883. The fraction of sp³-hybridized carbons (Fsp3) is 0.0609. The molecule has 0 saturated carbocycles. The lowest BCUT2D eigenvalue weighted by molar-refractivity contribution is 0.959. The van der Waals surface area contributed by atoms with Crippen LogP contribution in [0.1, 0.15) is 46.0 Å². The van der Waals surface area contributed by atoms with E-state index in [1.807, 2.05) is 0 Å². The van der Waals surface area contributed by atoms with Crippen molar-refractivity contribution in [1.29, 1.82) is 0 Å². The van der Waals surface area contributed by atoms with Crippen LogP contribution in [0.25, 0.3) is 143 Å². The molecule has 0 atom stereocenters. The highest BCUT2D eigenvalue weighted by Gasteiger charge is 2.32. The number of hydrogen-bond acceptors (Lipinski definition) is 4. The Balaban J connectivity index is 0.557. The van der Waals surface area contributed by atoms with Crippen LogP contribution in [0, 0.1) is 20.8 Å². The zero-order valence-corrected chi connectivity index (χ0v) is 68.7. The molecule has 0 amide bonds. The van der Waals surface area contributed by atoms with Crippen molar-refractivity contribution in [3.63, 3.8) is 0 Å². The average molecular weight is 1580 g/mol. The lowest BCUT2D eigenvalue weighted by Gasteiger charge is -2.27. The quantitative estimate of drug-likeness (QED) is 0.0909. The number of nitrogens with zero attached hydrogens (tertiary/aromatic N) is 8. The predicted octanol–water partition coefficient (Wildman–Crippen LogP) is 29.4. The highest BCUT2D eigenvalue weighted by Crippen LogP contribution is 2.54. The number of fused-ring (bicyclic) bond motifs is 18. The van der Waals surface area contributed by atoms with Gasteiger partial charge in [-0.3, -0.25) is 0 Å². The van der Waals surface area contributed by atoms with E-state index in [0.717, 1.165) is 109 Å². The number of para-hydroxylation sites is 7. The Labute approximate surface area is 710 Å². The minimum atomic E-state index is 0.883. The first kappa shape index (κ1) is 70.4. The molecule has 0 bridgehead atoms. The largest absolute Gasteiger partial charge is 0.312 e. The molecule has 582 valence electrons. The molecule has 0 aliphatic carbocycles. The first-order valence-electron chi connectivity index (χ1n) is 43.0. The first-order valence-corrected chi connectivity index (χ1v) is 43.0. The van der Waals surface area contributed by atoms with E-state index in [2.05, 4.69) is 441 Å². The summed E-state index contributed by atoms with van der Waals surface area (Å²) in [5.41, 5.74) is 34.2. The van der Waals surface area contributed by atoms with Gasteiger partial charge in [0.1, 0.15) is 0 Å². The number of benzene rings is 17. The van der Waals surface area contributed by atoms with E-state index >= 15 is 0 Å². The van der Waals surface area contributed by atoms with Gasteiger partial charge in [0.15, 0.2) is 0 Å². The van der Waals surface area contributed by atoms with Crippen LogP contribution in [0.2, 0.25) is 0 Å². The van der Waals surface area contributed by atoms with Crippen molar-refractivity contribution < 1.29 is 0 Å². The zero-order valence-electron chi connectivity index (χ0n) is 68.7. The maximum atomic E-state index is 4.98. The van der Waals surface area contributed by atoms with E-state index in [-0.39, 0.29) is 0 Å². The SMILES string of the molecule is C=c1/c(=C\c2c(C)n3c4ccccc4c4c(N(c5ccccc5)c5ccc(CC)cc5)ccc2c43)n2c3ccccc3c3c(N(c4ccccc4)c4ccc(CCc5ccc(N(c6ccc(C)cc6)c6ccc7c8cc9c(cc8n8c%10ccccc%10c6c78)c6ccc(N(c7ccccc7)c7ccc(C)cc7)c7c8ccccc8n9c67)cc5)cc4)ccc1c32. The summed E-state index contributed by atoms with van der Waals surface area (Å²) >= 11 is 0. The molecule has 0 fully saturated rings. The maximum Gasteiger partial charge on any atom is 0.0641 e. The molecule has 25 aromatic rings. The maximum absolute atomic E-state index is 4.98. The summed E-state index contributed by atoms with van der Waals surface area (Å²) in [6.45, 7) is 13.8. The highest BCUT2D eigenvalue weighted by atomic mass is 15.2. The molecular weight excluding hydrogens is 1490 g/mol. The van der Waals surface area contributed by atoms with Crippen LogP contribution in [-0.4, -0.2) is 17.6 Å². The van der Waals surface area contributed by atoms with Crippen molar-refractivity contribution >= 4 is 211 Å². The van der Waals surface area contributed by atoms with Crippen LogP contribution in [0.4, 0.5) is 68.2 Å². The molecule has 0 radical (unpaired) electrons. The lowest BCUT2D eigenvalue weighted by atomic mass is 10.0. The van der Waals surface area contributed by atoms with Gasteiger partial charge in [0.25, 0.3) is 0 Å². The summed E-state index contributed by atoms with van der Waals surface area (Å²) in [5, 5.41) is 19.2. The molecule has 123 heavy (non-hydrogen) atoms. The number of hydrogen-bond donors (Lipinski definition) is 0. The van der Waals surface area contributed by atoms with Crippen LogP contribution < -0.4 is 30.2 Å². The van der Waals surface area contributed by atoms with E-state index < -0.39 is 0 Å². The van der Waals surface area contributed by atoms with Crippen LogP contribution in [-0.2, 0) is 19.3 Å². The Morgan fingerprint density at radius 1 is 0.252 bits per heavy atom. The molecule has 8 heterocycles. The zero-order chi connectivity index (χ0) is 81.6. The molecule has 17 aromatic carbocycles. The Morgan fingerprint density at radius 3 is 0.919 bits per heavy atom. The fourth-order valence-electron chi connectivity index (χ4n) is 21.1. The van der Waals surface area contributed by atoms with Crippen molar-refractivity contribution in [2.75, 3.05) is 19.6 Å². The van der Waals surface area contributed by atoms with E-state index in [1.54, 1.807) is 0 Å². The molecule has 0 aliphatic heterocycles. The molecule has 25 rings (SSSR count). The van der Waals surface area contributed by atoms with Crippen LogP contribution >= 0.6 is 0 Å². The van der Waals surface area contributed by atoms with E-state index in [1.165, 1.54) is 159 Å². The van der Waals surface area contributed by atoms with E-state index in [4.69, 9.17) is 6.58 Å². The number of aromatic nitrogens is 4. The average Bonchev–Trinajstić information content (AvgIpc) is 1.51. The van der Waals surface area contributed by atoms with Gasteiger partial charge in [-0.15, -0.1) is 0 Å². The third-order valence-corrected chi connectivity index (χ3v) is 26.8. The van der Waals surface area contributed by atoms with Crippen molar-refractivity contribution in [3.05, 3.63) is 420 Å². The molecule has 0 saturated heterocycles. The molecule has 8 heteroatoms. The first-order chi connectivity index (χ1) is 60.7. The van der Waals surface area contributed by atoms with Gasteiger partial charge in [-0.2, -0.15) is 0 Å². The van der Waals surface area contributed by atoms with Crippen LogP contribution in [0.5, 0.6) is 0 Å². The fourth-order valence-corrected chi connectivity index (χ4v) is 21.1. The number of anilines is 12. The Hall–Kier alpha value is -15.6. The third kappa shape index (κ3) is 10.4. The Kier molecular flexibility index (Phi) is 15.6. The molecule has 8 nitrogen and oxygen atoms in total. The van der Waals surface area contributed by atoms with Crippen molar-refractivity contribution in [1.82, 2.24) is 17.6 Å². The standard InChI is InChI=1S/C115H82N8/c1-6-75-44-54-83(55-45-75)118(79-26-12-8-13-27-79)102-65-61-87-94(74(5)116-97-34-20-16-30-90(97)109(102)113(87)116)68-105-73(4)86-60-64-101(108-91-31-17-21-35-98(91)121(105)112(86)108)119(80-28-14-9-15-29-80)84-56-46-76(47-57-84)42-43-77-48-58-85(59-49-77)120(82-52-40-72(3)41-53-82)104-67-63-89-96-70-106-95(69-107(96)123-100-37-23-19-33-93(100)111(104)115(89)123)88-62-66-103(110-92-32-18-22-36-99(92)122(106)114(88)110)117(78-24-10-7-11-25-78)81-50-38-71(2)39-51-81/h7-41,44-70H,4,6,42-43H2,1-3,5H3/b105-68+. The Bertz CT molecular complexity index is 8620.